The fraction of sp³-hybridized carbons (Fsp3) is 0.533. The third-order valence-corrected chi connectivity index (χ3v) is 4.01. The molecule has 96 valence electrons. The van der Waals surface area contributed by atoms with Crippen LogP contribution in [0.25, 0.3) is 0 Å². The van der Waals surface area contributed by atoms with Crippen LogP contribution in [-0.4, -0.2) is 30.4 Å². The number of benzene rings is 1. The Bertz CT molecular complexity index is 436. The molecule has 1 atom stereocenters. The largest absolute Gasteiger partial charge is 0.344 e. The molecule has 1 saturated heterocycles. The summed E-state index contributed by atoms with van der Waals surface area (Å²) in [5, 5.41) is 3.35. The molecule has 2 aliphatic rings. The molecule has 0 spiro atoms. The van der Waals surface area contributed by atoms with Gasteiger partial charge in [0.1, 0.15) is 0 Å². The van der Waals surface area contributed by atoms with Gasteiger partial charge in [-0.3, -0.25) is 4.79 Å². The molecule has 18 heavy (non-hydrogen) atoms. The van der Waals surface area contributed by atoms with E-state index in [-0.39, 0.29) is 11.9 Å². The van der Waals surface area contributed by atoms with E-state index in [0.29, 0.717) is 0 Å². The lowest BCUT2D eigenvalue weighted by Gasteiger charge is -2.12. The molecule has 1 aliphatic heterocycles. The number of rotatable bonds is 4. The van der Waals surface area contributed by atoms with E-state index >= 15 is 0 Å². The minimum atomic E-state index is 0.0121. The van der Waals surface area contributed by atoms with E-state index in [1.54, 1.807) is 4.90 Å². The highest BCUT2D eigenvalue weighted by molar-refractivity contribution is 5.83. The fourth-order valence-corrected chi connectivity index (χ4v) is 2.58. The van der Waals surface area contributed by atoms with Crippen LogP contribution in [0.15, 0.2) is 24.3 Å². The van der Waals surface area contributed by atoms with Gasteiger partial charge in [-0.25, -0.2) is 0 Å². The number of carbonyl (C=O) groups excluding carboxylic acids is 1. The van der Waals surface area contributed by atoms with Crippen LogP contribution in [0.5, 0.6) is 0 Å². The first-order chi connectivity index (χ1) is 8.74. The van der Waals surface area contributed by atoms with Crippen LogP contribution in [-0.2, 0) is 11.3 Å². The second-order valence-corrected chi connectivity index (χ2v) is 5.50. The van der Waals surface area contributed by atoms with Gasteiger partial charge >= 0.3 is 0 Å². The third-order valence-electron chi connectivity index (χ3n) is 4.01. The normalized spacial score (nSPS) is 23.7. The van der Waals surface area contributed by atoms with Crippen LogP contribution in [0.2, 0.25) is 0 Å². The van der Waals surface area contributed by atoms with Crippen molar-refractivity contribution < 1.29 is 4.79 Å². The fourth-order valence-electron chi connectivity index (χ4n) is 2.58. The summed E-state index contributed by atoms with van der Waals surface area (Å²) >= 11 is 0. The maximum Gasteiger partial charge on any atom is 0.239 e. The molecule has 3 rings (SSSR count). The molecule has 1 aliphatic carbocycles. The molecule has 1 aromatic rings. The van der Waals surface area contributed by atoms with Gasteiger partial charge in [-0.1, -0.05) is 24.3 Å². The predicted octanol–water partition coefficient (Wildman–Crippen LogP) is 1.88. The Kier molecular flexibility index (Phi) is 3.08. The van der Waals surface area contributed by atoms with Crippen molar-refractivity contribution in [3.05, 3.63) is 35.4 Å². The molecule has 1 N–H and O–H groups in total. The van der Waals surface area contributed by atoms with Crippen molar-refractivity contribution >= 4 is 5.91 Å². The standard InChI is InChI=1S/C15H20N2O/c1-17-9-8-14(15(17)18)16-10-11-2-4-12(5-3-11)13-6-7-13/h2-5,13-14,16H,6-10H2,1H3. The van der Waals surface area contributed by atoms with E-state index in [1.807, 2.05) is 7.05 Å². The van der Waals surface area contributed by atoms with Gasteiger partial charge in [0.2, 0.25) is 5.91 Å². The van der Waals surface area contributed by atoms with Gasteiger partial charge in [-0.15, -0.1) is 0 Å². The smallest absolute Gasteiger partial charge is 0.239 e. The van der Waals surface area contributed by atoms with Crippen LogP contribution in [0, 0.1) is 0 Å². The zero-order valence-corrected chi connectivity index (χ0v) is 10.9. The van der Waals surface area contributed by atoms with Gasteiger partial charge in [0.25, 0.3) is 0 Å². The topological polar surface area (TPSA) is 32.3 Å². The van der Waals surface area contributed by atoms with E-state index in [0.717, 1.165) is 25.4 Å². The lowest BCUT2D eigenvalue weighted by molar-refractivity contribution is -0.128. The van der Waals surface area contributed by atoms with Gasteiger partial charge in [0, 0.05) is 20.1 Å². The average molecular weight is 244 g/mol. The Balaban J connectivity index is 1.55. The molecule has 0 radical (unpaired) electrons. The Morgan fingerprint density at radius 2 is 1.94 bits per heavy atom. The van der Waals surface area contributed by atoms with Gasteiger partial charge in [0.15, 0.2) is 0 Å². The van der Waals surface area contributed by atoms with Crippen molar-refractivity contribution in [2.45, 2.75) is 37.8 Å². The Labute approximate surface area is 108 Å². The van der Waals surface area contributed by atoms with E-state index < -0.39 is 0 Å². The van der Waals surface area contributed by atoms with Crippen LogP contribution in [0.3, 0.4) is 0 Å². The summed E-state index contributed by atoms with van der Waals surface area (Å²) in [7, 11) is 1.87. The number of nitrogens with zero attached hydrogens (tertiary/aromatic N) is 1. The van der Waals surface area contributed by atoms with Gasteiger partial charge in [0.05, 0.1) is 6.04 Å². The summed E-state index contributed by atoms with van der Waals surface area (Å²) in [5.41, 5.74) is 2.73. The second-order valence-electron chi connectivity index (χ2n) is 5.50. The molecule has 3 nitrogen and oxygen atoms in total. The zero-order chi connectivity index (χ0) is 12.5. The number of carbonyl (C=O) groups is 1. The highest BCUT2D eigenvalue weighted by atomic mass is 16.2. The molecule has 2 fully saturated rings. The van der Waals surface area contributed by atoms with E-state index in [9.17, 15) is 4.79 Å². The minimum absolute atomic E-state index is 0.0121. The average Bonchev–Trinajstić information content (AvgIpc) is 3.18. The molecule has 1 heterocycles. The number of nitrogens with one attached hydrogen (secondary N) is 1. The monoisotopic (exact) mass is 244 g/mol. The highest BCUT2D eigenvalue weighted by Gasteiger charge is 2.28. The number of likely N-dealkylation sites (N-methyl/N-ethyl adjacent to an activating group) is 1. The van der Waals surface area contributed by atoms with Gasteiger partial charge < -0.3 is 10.2 Å². The molecule has 1 saturated carbocycles. The number of hydrogen-bond donors (Lipinski definition) is 1. The summed E-state index contributed by atoms with van der Waals surface area (Å²) < 4.78 is 0. The van der Waals surface area contributed by atoms with E-state index in [2.05, 4.69) is 29.6 Å². The van der Waals surface area contributed by atoms with Crippen molar-refractivity contribution in [3.8, 4) is 0 Å². The van der Waals surface area contributed by atoms with Gasteiger partial charge in [-0.2, -0.15) is 0 Å². The summed E-state index contributed by atoms with van der Waals surface area (Å²) in [6.07, 6.45) is 3.62. The van der Waals surface area contributed by atoms with Crippen LogP contribution >= 0.6 is 0 Å². The Morgan fingerprint density at radius 1 is 1.22 bits per heavy atom. The molecular formula is C15H20N2O. The van der Waals surface area contributed by atoms with Crippen LogP contribution < -0.4 is 5.32 Å². The Hall–Kier alpha value is -1.35. The first-order valence-electron chi connectivity index (χ1n) is 6.81. The maximum atomic E-state index is 11.7. The first kappa shape index (κ1) is 11.7. The van der Waals surface area contributed by atoms with Crippen molar-refractivity contribution in [2.75, 3.05) is 13.6 Å². The molecule has 0 bridgehead atoms. The van der Waals surface area contributed by atoms with Crippen molar-refractivity contribution in [2.24, 2.45) is 0 Å². The lowest BCUT2D eigenvalue weighted by Crippen LogP contribution is -2.36. The summed E-state index contributed by atoms with van der Waals surface area (Å²) in [4.78, 5) is 13.5. The quantitative estimate of drug-likeness (QED) is 0.877. The van der Waals surface area contributed by atoms with Crippen molar-refractivity contribution in [1.29, 1.82) is 0 Å². The zero-order valence-electron chi connectivity index (χ0n) is 10.9. The first-order valence-corrected chi connectivity index (χ1v) is 6.81. The van der Waals surface area contributed by atoms with Crippen LogP contribution in [0.4, 0.5) is 0 Å². The number of likely N-dealkylation sites (tertiary alicyclic amines) is 1. The van der Waals surface area contributed by atoms with E-state index in [1.165, 1.54) is 24.0 Å². The minimum Gasteiger partial charge on any atom is -0.344 e. The van der Waals surface area contributed by atoms with Crippen LogP contribution in [0.1, 0.15) is 36.3 Å². The highest BCUT2D eigenvalue weighted by Crippen LogP contribution is 2.39. The number of amides is 1. The number of hydrogen-bond acceptors (Lipinski definition) is 2. The van der Waals surface area contributed by atoms with Gasteiger partial charge in [-0.05, 0) is 36.3 Å². The second kappa shape index (κ2) is 4.73. The third kappa shape index (κ3) is 2.41. The molecule has 1 aromatic carbocycles. The lowest BCUT2D eigenvalue weighted by atomic mass is 10.1. The summed E-state index contributed by atoms with van der Waals surface area (Å²) in [6.45, 7) is 1.66. The van der Waals surface area contributed by atoms with Crippen molar-refractivity contribution in [1.82, 2.24) is 10.2 Å². The molecule has 0 aromatic heterocycles. The molecular weight excluding hydrogens is 224 g/mol. The molecule has 1 amide bonds. The Morgan fingerprint density at radius 3 is 2.50 bits per heavy atom. The summed E-state index contributed by atoms with van der Waals surface area (Å²) in [6, 6.07) is 8.85. The van der Waals surface area contributed by atoms with E-state index in [4.69, 9.17) is 0 Å². The predicted molar refractivity (Wildman–Crippen MR) is 71.3 cm³/mol. The molecule has 3 heteroatoms. The SMILES string of the molecule is CN1CCC(NCc2ccc(C3CC3)cc2)C1=O. The van der Waals surface area contributed by atoms with Crippen molar-refractivity contribution in [3.63, 3.8) is 0 Å². The maximum absolute atomic E-state index is 11.7. The summed E-state index contributed by atoms with van der Waals surface area (Å²) in [5.74, 6) is 1.04. The molecule has 1 unspecified atom stereocenters.